The van der Waals surface area contributed by atoms with Crippen LogP contribution in [0.1, 0.15) is 72.9 Å². The molecular weight excluding hydrogens is 362 g/mol. The van der Waals surface area contributed by atoms with Crippen molar-refractivity contribution in [3.63, 3.8) is 0 Å². The van der Waals surface area contributed by atoms with Gasteiger partial charge in [0.25, 0.3) is 0 Å². The second-order valence-corrected chi connectivity index (χ2v) is 8.30. The van der Waals surface area contributed by atoms with Gasteiger partial charge in [-0.1, -0.05) is 28.2 Å². The third-order valence-electron chi connectivity index (χ3n) is 3.96. The molecule has 1 saturated heterocycles. The van der Waals surface area contributed by atoms with Crippen molar-refractivity contribution in [2.75, 3.05) is 0 Å². The Morgan fingerprint density at radius 1 is 0.741 bits per heavy atom. The smallest absolute Gasteiger partial charge is 0.230 e. The molecule has 7 heteroatoms. The van der Waals surface area contributed by atoms with E-state index in [2.05, 4.69) is 0 Å². The van der Waals surface area contributed by atoms with Crippen molar-refractivity contribution >= 4 is 11.8 Å². The van der Waals surface area contributed by atoms with Crippen molar-refractivity contribution in [1.29, 1.82) is 0 Å². The van der Waals surface area contributed by atoms with Crippen molar-refractivity contribution < 1.29 is 27.2 Å². The lowest BCUT2D eigenvalue weighted by molar-refractivity contribution is -0.143. The monoisotopic (exact) mass is 391 g/mol. The molecular formula is C20H29F4NO2. The second-order valence-electron chi connectivity index (χ2n) is 8.30. The normalized spacial score (nSPS) is 14.7. The molecule has 0 aliphatic carbocycles. The van der Waals surface area contributed by atoms with Gasteiger partial charge in [-0.15, -0.1) is 0 Å². The van der Waals surface area contributed by atoms with Crippen LogP contribution < -0.4 is 0 Å². The lowest BCUT2D eigenvalue weighted by Gasteiger charge is -2.29. The number of hydrogen-bond donors (Lipinski definition) is 0. The average molecular weight is 391 g/mol. The molecule has 0 spiro atoms. The first-order valence-electron chi connectivity index (χ1n) is 8.29. The van der Waals surface area contributed by atoms with E-state index >= 15 is 0 Å². The summed E-state index contributed by atoms with van der Waals surface area (Å²) in [7, 11) is 0. The maximum Gasteiger partial charge on any atom is 0.230 e. The zero-order chi connectivity index (χ0) is 20.6. The quantitative estimate of drug-likeness (QED) is 0.336. The summed E-state index contributed by atoms with van der Waals surface area (Å²) in [4.78, 5) is 23.6. The molecule has 1 aromatic rings. The van der Waals surface area contributed by atoms with E-state index in [9.17, 15) is 27.2 Å². The maximum absolute atomic E-state index is 13.4. The van der Waals surface area contributed by atoms with E-state index in [1.54, 1.807) is 0 Å². The predicted molar refractivity (Wildman–Crippen MR) is 97.3 cm³/mol. The van der Waals surface area contributed by atoms with Crippen molar-refractivity contribution in [3.05, 3.63) is 34.4 Å². The van der Waals surface area contributed by atoms with Gasteiger partial charge in [0, 0.05) is 29.5 Å². The first-order valence-corrected chi connectivity index (χ1v) is 8.29. The highest BCUT2D eigenvalue weighted by atomic mass is 19.2. The van der Waals surface area contributed by atoms with Crippen LogP contribution >= 0.6 is 0 Å². The molecule has 0 bridgehead atoms. The lowest BCUT2D eigenvalue weighted by Crippen LogP contribution is -2.44. The number of rotatable bonds is 0. The number of likely N-dealkylation sites (tertiary alicyclic amines) is 1. The summed E-state index contributed by atoms with van der Waals surface area (Å²) in [6.07, 6.45) is 0.770. The molecule has 3 nitrogen and oxygen atoms in total. The fourth-order valence-corrected chi connectivity index (χ4v) is 2.72. The molecule has 0 saturated carbocycles. The van der Waals surface area contributed by atoms with Gasteiger partial charge in [0.05, 0.1) is 0 Å². The predicted octanol–water partition coefficient (Wildman–Crippen LogP) is 5.42. The van der Waals surface area contributed by atoms with Crippen LogP contribution in [0.4, 0.5) is 17.6 Å². The fourth-order valence-electron chi connectivity index (χ4n) is 2.72. The van der Waals surface area contributed by atoms with Crippen molar-refractivity contribution in [3.8, 4) is 0 Å². The van der Waals surface area contributed by atoms with E-state index < -0.39 is 39.8 Å². The number of imide groups is 1. The van der Waals surface area contributed by atoms with E-state index in [0.29, 0.717) is 12.8 Å². The molecule has 1 aliphatic heterocycles. The molecule has 0 radical (unpaired) electrons. The van der Waals surface area contributed by atoms with E-state index in [0.717, 1.165) is 6.92 Å². The number of halogens is 4. The number of hydrogen-bond acceptors (Lipinski definition) is 2. The summed E-state index contributed by atoms with van der Waals surface area (Å²) in [5, 5.41) is 0. The van der Waals surface area contributed by atoms with E-state index in [-0.39, 0.29) is 24.8 Å². The molecule has 0 atom stereocenters. The highest BCUT2D eigenvalue weighted by Crippen LogP contribution is 2.32. The molecule has 154 valence electrons. The van der Waals surface area contributed by atoms with Crippen LogP contribution in [0, 0.1) is 30.2 Å². The molecule has 1 heterocycles. The Kier molecular flexibility index (Phi) is 7.80. The van der Waals surface area contributed by atoms with Crippen LogP contribution in [0.5, 0.6) is 0 Å². The number of benzene rings is 1. The summed E-state index contributed by atoms with van der Waals surface area (Å²) < 4.78 is 53.2. The summed E-state index contributed by atoms with van der Waals surface area (Å²) in [6.45, 7) is 11.1. The highest BCUT2D eigenvalue weighted by Gasteiger charge is 2.36. The Labute approximate surface area is 158 Å². The zero-order valence-corrected chi connectivity index (χ0v) is 16.2. The summed E-state index contributed by atoms with van der Waals surface area (Å²) in [5.74, 6) is -5.33. The topological polar surface area (TPSA) is 37.4 Å². The Morgan fingerprint density at radius 2 is 1.07 bits per heavy atom. The van der Waals surface area contributed by atoms with Gasteiger partial charge in [0.2, 0.25) is 11.8 Å². The average Bonchev–Trinajstić information content (AvgIpc) is 2.81. The molecule has 2 rings (SSSR count). The fraction of sp³-hybridized carbons (Fsp3) is 0.600. The van der Waals surface area contributed by atoms with Crippen LogP contribution in [0.2, 0.25) is 0 Å². The van der Waals surface area contributed by atoms with E-state index in [1.165, 1.54) is 25.7 Å². The minimum absolute atomic E-state index is 0. The maximum atomic E-state index is 13.4. The molecule has 0 unspecified atom stereocenters. The van der Waals surface area contributed by atoms with Crippen molar-refractivity contribution in [2.24, 2.45) is 0 Å². The highest BCUT2D eigenvalue weighted by molar-refractivity contribution is 6.02. The Bertz CT molecular complexity index is 686. The Hall–Kier alpha value is -1.92. The number of amides is 2. The molecule has 27 heavy (non-hydrogen) atoms. The number of carbonyl (C=O) groups is 2. The minimum atomic E-state index is -1.32. The molecule has 1 fully saturated rings. The van der Waals surface area contributed by atoms with Gasteiger partial charge in [0.15, 0.2) is 23.3 Å². The lowest BCUT2D eigenvalue weighted by atomic mass is 9.85. The van der Waals surface area contributed by atoms with Crippen molar-refractivity contribution in [2.45, 2.75) is 79.7 Å². The van der Waals surface area contributed by atoms with Gasteiger partial charge >= 0.3 is 0 Å². The largest absolute Gasteiger partial charge is 0.277 e. The molecule has 1 aromatic carbocycles. The number of carbonyl (C=O) groups excluding carboxylic acids is 2. The van der Waals surface area contributed by atoms with Crippen LogP contribution in [0.25, 0.3) is 0 Å². The van der Waals surface area contributed by atoms with Gasteiger partial charge in [0.1, 0.15) is 0 Å². The summed E-state index contributed by atoms with van der Waals surface area (Å²) in [6, 6.07) is 0. The van der Waals surface area contributed by atoms with Gasteiger partial charge in [-0.3, -0.25) is 14.5 Å². The van der Waals surface area contributed by atoms with Gasteiger partial charge < -0.3 is 0 Å². The first kappa shape index (κ1) is 25.1. The van der Waals surface area contributed by atoms with Crippen LogP contribution in [-0.4, -0.2) is 22.3 Å². The van der Waals surface area contributed by atoms with E-state index in [4.69, 9.17) is 0 Å². The Morgan fingerprint density at radius 3 is 1.30 bits per heavy atom. The third kappa shape index (κ3) is 5.30. The minimum Gasteiger partial charge on any atom is -0.277 e. The molecule has 1 aliphatic rings. The molecule has 0 N–H and O–H groups in total. The third-order valence-corrected chi connectivity index (χ3v) is 3.96. The van der Waals surface area contributed by atoms with Gasteiger partial charge in [-0.25, -0.2) is 17.6 Å². The Balaban J connectivity index is 0.000000504. The summed E-state index contributed by atoms with van der Waals surface area (Å²) >= 11 is 0. The molecule has 2 amide bonds. The summed E-state index contributed by atoms with van der Waals surface area (Å²) in [5.41, 5.74) is -2.50. The first-order chi connectivity index (χ1) is 11.6. The van der Waals surface area contributed by atoms with E-state index in [1.807, 2.05) is 20.8 Å². The van der Waals surface area contributed by atoms with Crippen molar-refractivity contribution in [1.82, 2.24) is 4.90 Å². The van der Waals surface area contributed by atoms with Gasteiger partial charge in [-0.05, 0) is 33.1 Å². The van der Waals surface area contributed by atoms with Gasteiger partial charge in [-0.2, -0.15) is 0 Å². The molecule has 0 aromatic heterocycles. The SMILES string of the molecule is C.CC(C)(C)N1C(=O)CCC1=O.Cc1c(F)c(F)c(C(C)(C)C)c(F)c1F. The van der Waals surface area contributed by atoms with Crippen LogP contribution in [0.3, 0.4) is 0 Å². The zero-order valence-electron chi connectivity index (χ0n) is 16.2. The second kappa shape index (κ2) is 8.40. The van der Waals surface area contributed by atoms with Crippen LogP contribution in [0.15, 0.2) is 0 Å². The number of nitrogens with zero attached hydrogens (tertiary/aromatic N) is 1. The van der Waals surface area contributed by atoms with Crippen LogP contribution in [-0.2, 0) is 15.0 Å². The standard InChI is InChI=1S/C11H12F4.C8H13NO2.CH4/c1-5-7(12)9(14)6(11(2,3)4)10(15)8(5)13;1-8(2,3)9-6(10)4-5-7(9)11;/h1-4H3;4-5H2,1-3H3;1H4.